The Balaban J connectivity index is 1.57. The summed E-state index contributed by atoms with van der Waals surface area (Å²) in [5, 5.41) is 12.2. The third-order valence-electron chi connectivity index (χ3n) is 8.25. The van der Waals surface area contributed by atoms with Crippen LogP contribution in [0.3, 0.4) is 0 Å². The summed E-state index contributed by atoms with van der Waals surface area (Å²) in [6, 6.07) is 6.40. The first kappa shape index (κ1) is 25.7. The molecule has 2 aliphatic heterocycles. The van der Waals surface area contributed by atoms with Crippen molar-refractivity contribution in [2.75, 3.05) is 50.1 Å². The molecule has 0 aliphatic carbocycles. The van der Waals surface area contributed by atoms with E-state index in [1.807, 2.05) is 6.92 Å². The Morgan fingerprint density at radius 1 is 1.03 bits per heavy atom. The van der Waals surface area contributed by atoms with Gasteiger partial charge in [-0.3, -0.25) is 4.98 Å². The Morgan fingerprint density at radius 3 is 2.54 bits per heavy atom. The fraction of sp³-hybridized carbons (Fsp3) is 0.433. The summed E-state index contributed by atoms with van der Waals surface area (Å²) in [5.74, 6) is 0.249. The molecule has 204 valence electrons. The Kier molecular flexibility index (Phi) is 6.71. The Morgan fingerprint density at radius 2 is 1.82 bits per heavy atom. The van der Waals surface area contributed by atoms with E-state index in [9.17, 15) is 9.50 Å². The number of halogens is 2. The maximum Gasteiger partial charge on any atom is 0.228 e. The Bertz CT molecular complexity index is 1550. The van der Waals surface area contributed by atoms with Crippen LogP contribution in [-0.2, 0) is 6.42 Å². The quantitative estimate of drug-likeness (QED) is 0.363. The number of nitrogens with zero attached hydrogens (tertiary/aromatic N) is 6. The normalized spacial score (nSPS) is 18.2. The molecule has 2 aromatic carbocycles. The van der Waals surface area contributed by atoms with Crippen LogP contribution in [0.25, 0.3) is 32.9 Å². The Labute approximate surface area is 227 Å². The first-order valence-corrected chi connectivity index (χ1v) is 13.8. The second-order valence-electron chi connectivity index (χ2n) is 10.9. The molecule has 6 rings (SSSR count). The summed E-state index contributed by atoms with van der Waals surface area (Å²) in [7, 11) is 4.14. The molecule has 2 saturated heterocycles. The van der Waals surface area contributed by atoms with Crippen molar-refractivity contribution < 1.29 is 13.9 Å². The lowest BCUT2D eigenvalue weighted by molar-refractivity contribution is 0.315. The van der Waals surface area contributed by atoms with Gasteiger partial charge in [0.05, 0.1) is 5.39 Å². The molecule has 0 saturated carbocycles. The van der Waals surface area contributed by atoms with Crippen molar-refractivity contribution in [3.05, 3.63) is 47.7 Å². The highest BCUT2D eigenvalue weighted by atomic mass is 19.1. The first-order valence-electron chi connectivity index (χ1n) is 13.8. The summed E-state index contributed by atoms with van der Waals surface area (Å²) in [6.45, 7) is 5.13. The van der Waals surface area contributed by atoms with Gasteiger partial charge in [0.15, 0.2) is 5.82 Å². The predicted molar refractivity (Wildman–Crippen MR) is 152 cm³/mol. The molecule has 2 aromatic heterocycles. The number of hydrogen-bond donors (Lipinski definition) is 1. The predicted octanol–water partition coefficient (Wildman–Crippen LogP) is 5.52. The van der Waals surface area contributed by atoms with Crippen LogP contribution in [-0.4, -0.2) is 71.3 Å². The van der Waals surface area contributed by atoms with E-state index in [1.54, 1.807) is 18.3 Å². The third-order valence-corrected chi connectivity index (χ3v) is 8.25. The highest BCUT2D eigenvalue weighted by Crippen LogP contribution is 2.39. The molecule has 0 bridgehead atoms. The fourth-order valence-electron chi connectivity index (χ4n) is 6.08. The molecule has 1 atom stereocenters. The number of phenolic OH excluding ortho intramolecular Hbond substituents is 1. The molecule has 0 spiro atoms. The van der Waals surface area contributed by atoms with Gasteiger partial charge in [-0.1, -0.05) is 13.0 Å². The summed E-state index contributed by atoms with van der Waals surface area (Å²) in [4.78, 5) is 20.8. The van der Waals surface area contributed by atoms with E-state index in [0.29, 0.717) is 51.5 Å². The lowest BCUT2D eigenvalue weighted by Gasteiger charge is -2.30. The summed E-state index contributed by atoms with van der Waals surface area (Å²) in [6.07, 6.45) is 6.32. The molecule has 2 aliphatic rings. The highest BCUT2D eigenvalue weighted by Gasteiger charge is 2.29. The minimum Gasteiger partial charge on any atom is -0.508 e. The van der Waals surface area contributed by atoms with E-state index >= 15 is 4.39 Å². The average Bonchev–Trinajstić information content (AvgIpc) is 3.44. The van der Waals surface area contributed by atoms with Crippen LogP contribution in [0, 0.1) is 11.6 Å². The van der Waals surface area contributed by atoms with Crippen molar-refractivity contribution >= 4 is 33.4 Å². The van der Waals surface area contributed by atoms with Crippen LogP contribution in [0.1, 0.15) is 38.2 Å². The van der Waals surface area contributed by atoms with Crippen LogP contribution in [0.15, 0.2) is 30.5 Å². The number of pyridine rings is 1. The van der Waals surface area contributed by atoms with Gasteiger partial charge in [-0.05, 0) is 80.7 Å². The van der Waals surface area contributed by atoms with Crippen molar-refractivity contribution in [1.29, 1.82) is 0 Å². The first-order chi connectivity index (χ1) is 18.9. The van der Waals surface area contributed by atoms with Gasteiger partial charge in [0.25, 0.3) is 0 Å². The second kappa shape index (κ2) is 10.2. The number of aryl methyl sites for hydroxylation is 1. The van der Waals surface area contributed by atoms with Crippen LogP contribution in [0.4, 0.5) is 20.5 Å². The van der Waals surface area contributed by atoms with Gasteiger partial charge in [-0.25, -0.2) is 13.8 Å². The van der Waals surface area contributed by atoms with Gasteiger partial charge in [0.1, 0.15) is 28.6 Å². The standard InChI is InChI=1S/C30H34F2N6O/c1-4-21-24(31)9-8-18-14-20(39)15-22(25(18)21)27-26(32)28-23(16-33-27)29(37-11-6-5-7-12-37)35-30(34-28)38-13-10-19(17-38)36(2)3/h8-9,14-16,19,39H,4-7,10-13,17H2,1-3H3/t19-/m0/s1. The Hall–Kier alpha value is -3.59. The van der Waals surface area contributed by atoms with Crippen molar-refractivity contribution in [1.82, 2.24) is 19.9 Å². The number of anilines is 2. The zero-order valence-electron chi connectivity index (χ0n) is 22.7. The number of hydrogen-bond acceptors (Lipinski definition) is 7. The molecule has 0 amide bonds. The highest BCUT2D eigenvalue weighted by molar-refractivity contribution is 6.02. The lowest BCUT2D eigenvalue weighted by atomic mass is 9.94. The van der Waals surface area contributed by atoms with Gasteiger partial charge in [0, 0.05) is 44.0 Å². The molecule has 0 radical (unpaired) electrons. The molecule has 7 nitrogen and oxygen atoms in total. The molecular weight excluding hydrogens is 498 g/mol. The second-order valence-corrected chi connectivity index (χ2v) is 10.9. The number of likely N-dealkylation sites (N-methyl/N-ethyl adjacent to an activating group) is 1. The van der Waals surface area contributed by atoms with E-state index in [-0.39, 0.29) is 22.8 Å². The number of fused-ring (bicyclic) bond motifs is 2. The van der Waals surface area contributed by atoms with E-state index < -0.39 is 5.82 Å². The average molecular weight is 533 g/mol. The van der Waals surface area contributed by atoms with Crippen LogP contribution in [0.5, 0.6) is 5.75 Å². The zero-order chi connectivity index (χ0) is 27.3. The van der Waals surface area contributed by atoms with Gasteiger partial charge < -0.3 is 19.8 Å². The maximum atomic E-state index is 16.6. The van der Waals surface area contributed by atoms with Crippen molar-refractivity contribution in [2.45, 2.75) is 45.1 Å². The maximum absolute atomic E-state index is 16.6. The van der Waals surface area contributed by atoms with Crippen LogP contribution in [0.2, 0.25) is 0 Å². The van der Waals surface area contributed by atoms with Crippen molar-refractivity contribution in [3.63, 3.8) is 0 Å². The smallest absolute Gasteiger partial charge is 0.228 e. The fourth-order valence-corrected chi connectivity index (χ4v) is 6.08. The topological polar surface area (TPSA) is 68.6 Å². The molecule has 9 heteroatoms. The molecule has 39 heavy (non-hydrogen) atoms. The summed E-state index contributed by atoms with van der Waals surface area (Å²) < 4.78 is 31.4. The molecule has 0 unspecified atom stereocenters. The van der Waals surface area contributed by atoms with E-state index in [2.05, 4.69) is 33.8 Å². The summed E-state index contributed by atoms with van der Waals surface area (Å²) >= 11 is 0. The number of piperidine rings is 1. The molecule has 4 aromatic rings. The SMILES string of the molecule is CCc1c(F)ccc2cc(O)cc(-c3ncc4c(N5CCCCC5)nc(N5CC[C@H](N(C)C)C5)nc4c3F)c12. The minimum atomic E-state index is -0.587. The number of benzene rings is 2. The van der Waals surface area contributed by atoms with E-state index in [4.69, 9.17) is 9.97 Å². The number of aromatic nitrogens is 3. The third kappa shape index (κ3) is 4.52. The van der Waals surface area contributed by atoms with Crippen LogP contribution >= 0.6 is 0 Å². The van der Waals surface area contributed by atoms with Crippen molar-refractivity contribution in [2.24, 2.45) is 0 Å². The van der Waals surface area contributed by atoms with Gasteiger partial charge in [0.2, 0.25) is 5.95 Å². The van der Waals surface area contributed by atoms with Gasteiger partial charge in [-0.15, -0.1) is 0 Å². The van der Waals surface area contributed by atoms with Gasteiger partial charge in [-0.2, -0.15) is 4.98 Å². The number of aromatic hydroxyl groups is 1. The lowest BCUT2D eigenvalue weighted by Crippen LogP contribution is -2.33. The van der Waals surface area contributed by atoms with Gasteiger partial charge >= 0.3 is 0 Å². The van der Waals surface area contributed by atoms with E-state index in [1.165, 1.54) is 18.6 Å². The van der Waals surface area contributed by atoms with Crippen molar-refractivity contribution in [3.8, 4) is 17.0 Å². The number of rotatable bonds is 5. The number of phenols is 1. The largest absolute Gasteiger partial charge is 0.508 e. The minimum absolute atomic E-state index is 0.0309. The molecule has 1 N–H and O–H groups in total. The summed E-state index contributed by atoms with van der Waals surface area (Å²) in [5.41, 5.74) is 1.07. The molecular formula is C30H34F2N6O. The zero-order valence-corrected chi connectivity index (χ0v) is 22.7. The van der Waals surface area contributed by atoms with E-state index in [0.717, 1.165) is 45.4 Å². The monoisotopic (exact) mass is 532 g/mol. The van der Waals surface area contributed by atoms with Crippen LogP contribution < -0.4 is 9.80 Å². The molecule has 4 heterocycles. The molecule has 2 fully saturated rings.